The molecule has 7 nitrogen and oxygen atoms in total. The molecule has 0 bridgehead atoms. The van der Waals surface area contributed by atoms with E-state index in [-0.39, 0.29) is 56.2 Å². The fourth-order valence-corrected chi connectivity index (χ4v) is 3.73. The van der Waals surface area contributed by atoms with Crippen LogP contribution in [0.2, 0.25) is 0 Å². The summed E-state index contributed by atoms with van der Waals surface area (Å²) in [6.07, 6.45) is 0.816. The lowest BCUT2D eigenvalue weighted by Crippen LogP contribution is -2.32. The normalized spacial score (nSPS) is 13.9. The molecule has 1 aliphatic rings. The van der Waals surface area contributed by atoms with E-state index in [0.717, 1.165) is 37.6 Å². The van der Waals surface area contributed by atoms with E-state index in [1.165, 1.54) is 6.07 Å². The van der Waals surface area contributed by atoms with Crippen molar-refractivity contribution in [2.24, 2.45) is 5.73 Å². The summed E-state index contributed by atoms with van der Waals surface area (Å²) >= 11 is 0. The first kappa shape index (κ1) is 30.6. The van der Waals surface area contributed by atoms with Crippen molar-refractivity contribution in [3.05, 3.63) is 64.7 Å². The maximum Gasteiger partial charge on any atom is 0.254 e. The third-order valence-electron chi connectivity index (χ3n) is 5.52. The number of halogens is 4. The van der Waals surface area contributed by atoms with Gasteiger partial charge in [-0.15, -0.1) is 24.8 Å². The summed E-state index contributed by atoms with van der Waals surface area (Å²) in [7, 11) is 0. The summed E-state index contributed by atoms with van der Waals surface area (Å²) in [5, 5.41) is 10.1. The second-order valence-corrected chi connectivity index (χ2v) is 7.83. The molecule has 1 atom stereocenters. The topological polar surface area (TPSA) is 101 Å². The Morgan fingerprint density at radius 2 is 1.80 bits per heavy atom. The molecule has 1 amide bonds. The molecule has 35 heavy (non-hydrogen) atoms. The Balaban J connectivity index is 0.00000306. The molecular weight excluding hydrogens is 501 g/mol. The van der Waals surface area contributed by atoms with E-state index in [2.05, 4.69) is 10.2 Å². The number of carbonyl (C=O) groups excluding carboxylic acids is 1. The van der Waals surface area contributed by atoms with Crippen molar-refractivity contribution in [2.45, 2.75) is 32.4 Å². The number of ether oxygens (including phenoxy) is 2. The summed E-state index contributed by atoms with van der Waals surface area (Å²) in [6.45, 7) is 4.76. The number of carbonyl (C=O) groups is 1. The molecule has 1 saturated heterocycles. The number of likely N-dealkylation sites (tertiary alicyclic amines) is 1. The first-order chi connectivity index (χ1) is 15.9. The van der Waals surface area contributed by atoms with Crippen molar-refractivity contribution in [1.29, 1.82) is 5.41 Å². The number of nitrogens with two attached hydrogens (primary N) is 1. The van der Waals surface area contributed by atoms with Crippen LogP contribution in [0.25, 0.3) is 0 Å². The van der Waals surface area contributed by atoms with Crippen molar-refractivity contribution in [2.75, 3.05) is 32.8 Å². The number of benzene rings is 2. The molecule has 11 heteroatoms. The molecule has 1 aliphatic heterocycles. The first-order valence-electron chi connectivity index (χ1n) is 11.1. The van der Waals surface area contributed by atoms with Crippen LogP contribution in [0.5, 0.6) is 5.75 Å². The summed E-state index contributed by atoms with van der Waals surface area (Å²) in [4.78, 5) is 15.0. The fraction of sp³-hybridized carbons (Fsp3) is 0.417. The Bertz CT molecular complexity index is 974. The SMILES string of the molecule is CCO[C@H](C(=O)NCc1ccc(C(=N)N)cc1)c1c(F)ccc(OCCN2CCCC2)c1F.Cl.Cl. The highest BCUT2D eigenvalue weighted by Crippen LogP contribution is 2.30. The molecular formula is C24H32Cl2F2N4O3. The molecule has 194 valence electrons. The van der Waals surface area contributed by atoms with Crippen LogP contribution in [-0.4, -0.2) is 49.5 Å². The predicted octanol–water partition coefficient (Wildman–Crippen LogP) is 3.96. The molecule has 1 heterocycles. The highest BCUT2D eigenvalue weighted by Gasteiger charge is 2.29. The lowest BCUT2D eigenvalue weighted by Gasteiger charge is -2.20. The molecule has 0 aromatic heterocycles. The van der Waals surface area contributed by atoms with Gasteiger partial charge in [0.1, 0.15) is 18.3 Å². The van der Waals surface area contributed by atoms with Crippen LogP contribution in [0.4, 0.5) is 8.78 Å². The van der Waals surface area contributed by atoms with Crippen molar-refractivity contribution >= 4 is 36.6 Å². The molecule has 1 fully saturated rings. The van der Waals surface area contributed by atoms with E-state index in [0.29, 0.717) is 12.1 Å². The van der Waals surface area contributed by atoms with Gasteiger partial charge in [-0.25, -0.2) is 8.78 Å². The van der Waals surface area contributed by atoms with Gasteiger partial charge >= 0.3 is 0 Å². The van der Waals surface area contributed by atoms with Gasteiger partial charge in [-0.2, -0.15) is 0 Å². The quantitative estimate of drug-likeness (QED) is 0.300. The number of hydrogen-bond donors (Lipinski definition) is 3. The minimum atomic E-state index is -1.46. The zero-order chi connectivity index (χ0) is 23.8. The number of nitrogens with one attached hydrogen (secondary N) is 2. The van der Waals surface area contributed by atoms with E-state index in [4.69, 9.17) is 20.6 Å². The molecule has 4 N–H and O–H groups in total. The Hall–Kier alpha value is -2.46. The second kappa shape index (κ2) is 14.8. The standard InChI is InChI=1S/C24H30F2N4O3.2ClH/c1-2-32-22(24(31)29-15-16-5-7-17(8-6-16)23(27)28)20-18(25)9-10-19(21(20)26)33-14-13-30-11-3-4-12-30;;/h5-10,22H,2-4,11-15H2,1H3,(H3,27,28)(H,29,31);2*1H/t22-;;/m0../s1. The van der Waals surface area contributed by atoms with Crippen molar-refractivity contribution in [1.82, 2.24) is 10.2 Å². The van der Waals surface area contributed by atoms with Crippen molar-refractivity contribution < 1.29 is 23.0 Å². The van der Waals surface area contributed by atoms with Gasteiger partial charge in [-0.05, 0) is 50.6 Å². The molecule has 0 aliphatic carbocycles. The number of amidine groups is 1. The number of nitrogen functional groups attached to an aromatic ring is 1. The zero-order valence-electron chi connectivity index (χ0n) is 19.5. The third-order valence-corrected chi connectivity index (χ3v) is 5.52. The summed E-state index contributed by atoms with van der Waals surface area (Å²) in [5.41, 5.74) is 6.26. The number of rotatable bonds is 11. The molecule has 0 spiro atoms. The zero-order valence-corrected chi connectivity index (χ0v) is 21.2. The van der Waals surface area contributed by atoms with Crippen molar-refractivity contribution in [3.8, 4) is 5.75 Å². The number of hydrogen-bond acceptors (Lipinski definition) is 5. The molecule has 2 aromatic carbocycles. The first-order valence-corrected chi connectivity index (χ1v) is 11.1. The van der Waals surface area contributed by atoms with Crippen LogP contribution in [0.3, 0.4) is 0 Å². The van der Waals surface area contributed by atoms with Crippen LogP contribution in [0.15, 0.2) is 36.4 Å². The number of nitrogens with zero attached hydrogens (tertiary/aromatic N) is 1. The van der Waals surface area contributed by atoms with Crippen LogP contribution < -0.4 is 15.8 Å². The van der Waals surface area contributed by atoms with Gasteiger partial charge in [0, 0.05) is 25.3 Å². The van der Waals surface area contributed by atoms with Crippen LogP contribution in [-0.2, 0) is 16.1 Å². The van der Waals surface area contributed by atoms with Crippen molar-refractivity contribution in [3.63, 3.8) is 0 Å². The molecule has 0 saturated carbocycles. The maximum absolute atomic E-state index is 15.2. The Labute approximate surface area is 216 Å². The van der Waals surface area contributed by atoms with E-state index < -0.39 is 29.2 Å². The lowest BCUT2D eigenvalue weighted by atomic mass is 10.1. The van der Waals surface area contributed by atoms with Crippen LogP contribution >= 0.6 is 24.8 Å². The van der Waals surface area contributed by atoms with Gasteiger partial charge in [0.2, 0.25) is 0 Å². The molecule has 0 radical (unpaired) electrons. The van der Waals surface area contributed by atoms with E-state index in [1.54, 1.807) is 31.2 Å². The summed E-state index contributed by atoms with van der Waals surface area (Å²) in [5.74, 6) is -2.65. The van der Waals surface area contributed by atoms with Gasteiger partial charge in [0.25, 0.3) is 5.91 Å². The van der Waals surface area contributed by atoms with Gasteiger partial charge in [-0.1, -0.05) is 24.3 Å². The lowest BCUT2D eigenvalue weighted by molar-refractivity contribution is -0.133. The van der Waals surface area contributed by atoms with E-state index in [9.17, 15) is 9.18 Å². The summed E-state index contributed by atoms with van der Waals surface area (Å²) in [6, 6.07) is 9.06. The van der Waals surface area contributed by atoms with Crippen LogP contribution in [0, 0.1) is 17.0 Å². The largest absolute Gasteiger partial charge is 0.489 e. The molecule has 0 unspecified atom stereocenters. The van der Waals surface area contributed by atoms with E-state index in [1.807, 2.05) is 0 Å². The second-order valence-electron chi connectivity index (χ2n) is 7.83. The Morgan fingerprint density at radius 3 is 2.40 bits per heavy atom. The Kier molecular flexibility index (Phi) is 13.0. The predicted molar refractivity (Wildman–Crippen MR) is 136 cm³/mol. The van der Waals surface area contributed by atoms with Crippen LogP contribution in [0.1, 0.15) is 42.6 Å². The highest BCUT2D eigenvalue weighted by molar-refractivity contribution is 5.94. The highest BCUT2D eigenvalue weighted by atomic mass is 35.5. The monoisotopic (exact) mass is 532 g/mol. The van der Waals surface area contributed by atoms with E-state index >= 15 is 4.39 Å². The van der Waals surface area contributed by atoms with Gasteiger partial charge in [0.05, 0.1) is 5.56 Å². The third kappa shape index (κ3) is 8.31. The fourth-order valence-electron chi connectivity index (χ4n) is 3.73. The average molecular weight is 533 g/mol. The molecule has 3 rings (SSSR count). The molecule has 2 aromatic rings. The van der Waals surface area contributed by atoms with Gasteiger partial charge in [-0.3, -0.25) is 15.1 Å². The Morgan fingerprint density at radius 1 is 1.14 bits per heavy atom. The maximum atomic E-state index is 15.2. The van der Waals surface area contributed by atoms with Gasteiger partial charge in [0.15, 0.2) is 17.7 Å². The minimum absolute atomic E-state index is 0. The smallest absolute Gasteiger partial charge is 0.254 e. The average Bonchev–Trinajstić information content (AvgIpc) is 3.32. The summed E-state index contributed by atoms with van der Waals surface area (Å²) < 4.78 is 40.8. The minimum Gasteiger partial charge on any atom is -0.489 e. The number of amides is 1. The van der Waals surface area contributed by atoms with Gasteiger partial charge < -0.3 is 20.5 Å².